The number of rotatable bonds is 3. The zero-order valence-corrected chi connectivity index (χ0v) is 11.5. The molecule has 0 aliphatic carbocycles. The summed E-state index contributed by atoms with van der Waals surface area (Å²) in [6.07, 6.45) is 5.09. The van der Waals surface area contributed by atoms with Gasteiger partial charge in [0, 0.05) is 25.5 Å². The summed E-state index contributed by atoms with van der Waals surface area (Å²) in [5, 5.41) is 11.9. The minimum absolute atomic E-state index is 0.270. The zero-order valence-electron chi connectivity index (χ0n) is 11.5. The van der Waals surface area contributed by atoms with Gasteiger partial charge in [-0.25, -0.2) is 4.79 Å². The average molecular weight is 277 g/mol. The number of aromatic nitrogens is 1. The van der Waals surface area contributed by atoms with Crippen molar-refractivity contribution in [3.8, 4) is 0 Å². The molecule has 0 radical (unpaired) electrons. The van der Waals surface area contributed by atoms with Crippen molar-refractivity contribution in [3.63, 3.8) is 0 Å². The molecule has 20 heavy (non-hydrogen) atoms. The maximum absolute atomic E-state index is 11.6. The molecule has 1 fully saturated rings. The molecule has 0 saturated carbocycles. The van der Waals surface area contributed by atoms with Gasteiger partial charge in [-0.2, -0.15) is 0 Å². The Bertz CT molecular complexity index is 504. The number of hydrogen-bond acceptors (Lipinski definition) is 4. The molecular formula is C14H19N3O3. The first-order valence-corrected chi connectivity index (χ1v) is 6.81. The molecule has 1 aromatic heterocycles. The van der Waals surface area contributed by atoms with Gasteiger partial charge in [-0.05, 0) is 25.0 Å². The molecule has 0 aromatic carbocycles. The molecule has 0 bridgehead atoms. The third kappa shape index (κ3) is 3.07. The lowest BCUT2D eigenvalue weighted by atomic mass is 10.1. The molecular weight excluding hydrogens is 258 g/mol. The van der Waals surface area contributed by atoms with Crippen LogP contribution in [0.1, 0.15) is 36.2 Å². The second kappa shape index (κ2) is 6.36. The van der Waals surface area contributed by atoms with Gasteiger partial charge in [0.25, 0.3) is 5.91 Å². The monoisotopic (exact) mass is 277 g/mol. The topological polar surface area (TPSA) is 82.5 Å². The van der Waals surface area contributed by atoms with Crippen molar-refractivity contribution in [2.75, 3.05) is 18.5 Å². The summed E-state index contributed by atoms with van der Waals surface area (Å²) in [5.41, 5.74) is 1.05. The van der Waals surface area contributed by atoms with Crippen molar-refractivity contribution in [3.05, 3.63) is 24.0 Å². The Kier molecular flexibility index (Phi) is 4.55. The minimum Gasteiger partial charge on any atom is -0.480 e. The number of pyridine rings is 1. The second-order valence-corrected chi connectivity index (χ2v) is 4.88. The molecule has 1 saturated heterocycles. The number of amides is 1. The van der Waals surface area contributed by atoms with Crippen molar-refractivity contribution in [1.29, 1.82) is 0 Å². The number of aliphatic carboxylic acids is 1. The number of carbonyl (C=O) groups excluding carboxylic acids is 1. The molecule has 2 heterocycles. The quantitative estimate of drug-likeness (QED) is 0.869. The third-order valence-corrected chi connectivity index (χ3v) is 3.57. The van der Waals surface area contributed by atoms with Gasteiger partial charge in [0.15, 0.2) is 0 Å². The molecule has 1 amide bonds. The highest BCUT2D eigenvalue weighted by Crippen LogP contribution is 2.24. The molecule has 1 unspecified atom stereocenters. The third-order valence-electron chi connectivity index (χ3n) is 3.57. The van der Waals surface area contributed by atoms with Crippen LogP contribution in [0, 0.1) is 0 Å². The van der Waals surface area contributed by atoms with Crippen LogP contribution in [-0.2, 0) is 4.79 Å². The summed E-state index contributed by atoms with van der Waals surface area (Å²) >= 11 is 0. The highest BCUT2D eigenvalue weighted by molar-refractivity contribution is 5.93. The van der Waals surface area contributed by atoms with Crippen LogP contribution in [0.15, 0.2) is 18.3 Å². The first-order valence-electron chi connectivity index (χ1n) is 6.81. The van der Waals surface area contributed by atoms with E-state index in [0.717, 1.165) is 24.9 Å². The standard InChI is InChI=1S/C14H19N3O3/c1-15-13(18)11-9-10(6-7-16-11)17-8-4-2-3-5-12(17)14(19)20/h6-7,9,12H,2-5,8H2,1H3,(H,15,18)(H,19,20). The van der Waals surface area contributed by atoms with Crippen molar-refractivity contribution >= 4 is 17.6 Å². The van der Waals surface area contributed by atoms with Crippen molar-refractivity contribution in [2.24, 2.45) is 0 Å². The maximum atomic E-state index is 11.6. The fraction of sp³-hybridized carbons (Fsp3) is 0.500. The molecule has 2 rings (SSSR count). The van der Waals surface area contributed by atoms with Gasteiger partial charge in [-0.3, -0.25) is 9.78 Å². The normalized spacial score (nSPS) is 19.2. The molecule has 6 heteroatoms. The fourth-order valence-electron chi connectivity index (χ4n) is 2.52. The Hall–Kier alpha value is -2.11. The van der Waals surface area contributed by atoms with Gasteiger partial charge in [0.05, 0.1) is 0 Å². The van der Waals surface area contributed by atoms with Crippen LogP contribution in [0.25, 0.3) is 0 Å². The van der Waals surface area contributed by atoms with Gasteiger partial charge >= 0.3 is 5.97 Å². The first-order chi connectivity index (χ1) is 9.63. The molecule has 1 aliphatic heterocycles. The van der Waals surface area contributed by atoms with E-state index in [0.29, 0.717) is 18.7 Å². The van der Waals surface area contributed by atoms with Crippen LogP contribution in [-0.4, -0.2) is 41.6 Å². The Morgan fingerprint density at radius 2 is 2.20 bits per heavy atom. The van der Waals surface area contributed by atoms with Crippen LogP contribution in [0.2, 0.25) is 0 Å². The Morgan fingerprint density at radius 1 is 1.40 bits per heavy atom. The number of carboxylic acids is 1. The van der Waals surface area contributed by atoms with Crippen LogP contribution < -0.4 is 10.2 Å². The van der Waals surface area contributed by atoms with Crippen molar-refractivity contribution < 1.29 is 14.7 Å². The predicted octanol–water partition coefficient (Wildman–Crippen LogP) is 1.27. The highest BCUT2D eigenvalue weighted by atomic mass is 16.4. The van der Waals surface area contributed by atoms with E-state index >= 15 is 0 Å². The summed E-state index contributed by atoms with van der Waals surface area (Å²) in [7, 11) is 1.54. The number of nitrogens with one attached hydrogen (secondary N) is 1. The lowest BCUT2D eigenvalue weighted by Gasteiger charge is -2.29. The summed E-state index contributed by atoms with van der Waals surface area (Å²) < 4.78 is 0. The van der Waals surface area contributed by atoms with Crippen LogP contribution in [0.3, 0.4) is 0 Å². The number of anilines is 1. The van der Waals surface area contributed by atoms with E-state index < -0.39 is 12.0 Å². The van der Waals surface area contributed by atoms with Gasteiger partial charge in [0.1, 0.15) is 11.7 Å². The number of nitrogens with zero attached hydrogens (tertiary/aromatic N) is 2. The second-order valence-electron chi connectivity index (χ2n) is 4.88. The largest absolute Gasteiger partial charge is 0.480 e. The predicted molar refractivity (Wildman–Crippen MR) is 74.9 cm³/mol. The lowest BCUT2D eigenvalue weighted by molar-refractivity contribution is -0.138. The van der Waals surface area contributed by atoms with Crippen LogP contribution in [0.5, 0.6) is 0 Å². The Labute approximate surface area is 117 Å². The number of carbonyl (C=O) groups is 2. The molecule has 2 N–H and O–H groups in total. The van der Waals surface area contributed by atoms with E-state index in [1.807, 2.05) is 4.90 Å². The average Bonchev–Trinajstić information content (AvgIpc) is 2.72. The van der Waals surface area contributed by atoms with E-state index in [4.69, 9.17) is 0 Å². The van der Waals surface area contributed by atoms with Crippen molar-refractivity contribution in [2.45, 2.75) is 31.7 Å². The molecule has 0 spiro atoms. The summed E-state index contributed by atoms with van der Waals surface area (Å²) in [6.45, 7) is 0.689. The molecule has 108 valence electrons. The highest BCUT2D eigenvalue weighted by Gasteiger charge is 2.27. The summed E-state index contributed by atoms with van der Waals surface area (Å²) in [5.74, 6) is -1.08. The molecule has 1 aliphatic rings. The van der Waals surface area contributed by atoms with Crippen molar-refractivity contribution in [1.82, 2.24) is 10.3 Å². The zero-order chi connectivity index (χ0) is 14.5. The van der Waals surface area contributed by atoms with Gasteiger partial charge < -0.3 is 15.3 Å². The number of hydrogen-bond donors (Lipinski definition) is 2. The van der Waals surface area contributed by atoms with Crippen LogP contribution in [0.4, 0.5) is 5.69 Å². The molecule has 6 nitrogen and oxygen atoms in total. The smallest absolute Gasteiger partial charge is 0.326 e. The lowest BCUT2D eigenvalue weighted by Crippen LogP contribution is -2.41. The first kappa shape index (κ1) is 14.3. The Balaban J connectivity index is 2.31. The fourth-order valence-corrected chi connectivity index (χ4v) is 2.52. The SMILES string of the molecule is CNC(=O)c1cc(N2CCCCCC2C(=O)O)ccn1. The number of carboxylic acid groups (broad SMARTS) is 1. The van der Waals surface area contributed by atoms with E-state index in [2.05, 4.69) is 10.3 Å². The van der Waals surface area contributed by atoms with E-state index in [9.17, 15) is 14.7 Å². The van der Waals surface area contributed by atoms with E-state index in [1.54, 1.807) is 25.4 Å². The van der Waals surface area contributed by atoms with E-state index in [-0.39, 0.29) is 5.91 Å². The van der Waals surface area contributed by atoms with Gasteiger partial charge in [0.2, 0.25) is 0 Å². The summed E-state index contributed by atoms with van der Waals surface area (Å²) in [6, 6.07) is 2.88. The Morgan fingerprint density at radius 3 is 2.90 bits per heavy atom. The molecule has 1 atom stereocenters. The maximum Gasteiger partial charge on any atom is 0.326 e. The van der Waals surface area contributed by atoms with Gasteiger partial charge in [-0.1, -0.05) is 12.8 Å². The summed E-state index contributed by atoms with van der Waals surface area (Å²) in [4.78, 5) is 28.9. The van der Waals surface area contributed by atoms with Gasteiger partial charge in [-0.15, -0.1) is 0 Å². The van der Waals surface area contributed by atoms with E-state index in [1.165, 1.54) is 0 Å². The minimum atomic E-state index is -0.815. The molecule has 1 aromatic rings. The van der Waals surface area contributed by atoms with Crippen LogP contribution >= 0.6 is 0 Å².